The van der Waals surface area contributed by atoms with Crippen LogP contribution >= 0.6 is 11.6 Å². The Balaban J connectivity index is 1.69. The summed E-state index contributed by atoms with van der Waals surface area (Å²) in [6.45, 7) is 1.03. The number of benzene rings is 1. The second-order valence-electron chi connectivity index (χ2n) is 4.51. The van der Waals surface area contributed by atoms with Crippen LogP contribution in [0.4, 0.5) is 0 Å². The average Bonchev–Trinajstić information content (AvgIpc) is 3.11. The highest BCUT2D eigenvalue weighted by Crippen LogP contribution is 2.24. The van der Waals surface area contributed by atoms with Gasteiger partial charge in [0.15, 0.2) is 0 Å². The van der Waals surface area contributed by atoms with E-state index >= 15 is 0 Å². The second-order valence-corrected chi connectivity index (χ2v) is 4.91. The molecule has 18 heavy (non-hydrogen) atoms. The third kappa shape index (κ3) is 3.89. The summed E-state index contributed by atoms with van der Waals surface area (Å²) < 4.78 is 0. The normalized spacial score (nSPS) is 14.5. The molecule has 1 aromatic carbocycles. The van der Waals surface area contributed by atoms with Crippen molar-refractivity contribution in [2.45, 2.75) is 31.8 Å². The van der Waals surface area contributed by atoms with E-state index in [9.17, 15) is 9.90 Å². The number of hydrogen-bond donors (Lipinski definition) is 3. The zero-order valence-corrected chi connectivity index (χ0v) is 10.8. The topological polar surface area (TPSA) is 61.4 Å². The van der Waals surface area contributed by atoms with Crippen molar-refractivity contribution in [1.29, 1.82) is 0 Å². The van der Waals surface area contributed by atoms with Crippen LogP contribution in [0.1, 0.15) is 24.8 Å². The third-order valence-electron chi connectivity index (χ3n) is 2.87. The van der Waals surface area contributed by atoms with E-state index in [-0.39, 0.29) is 11.7 Å². The number of phenolic OH excluding ortho intramolecular Hbond substituents is 1. The van der Waals surface area contributed by atoms with Crippen LogP contribution in [0.25, 0.3) is 0 Å². The van der Waals surface area contributed by atoms with Crippen LogP contribution in [0, 0.1) is 0 Å². The molecule has 0 bridgehead atoms. The molecule has 1 amide bonds. The summed E-state index contributed by atoms with van der Waals surface area (Å²) in [5, 5.41) is 16.2. The van der Waals surface area contributed by atoms with Crippen molar-refractivity contribution >= 4 is 17.5 Å². The van der Waals surface area contributed by atoms with Gasteiger partial charge < -0.3 is 15.7 Å². The highest BCUT2D eigenvalue weighted by atomic mass is 35.5. The zero-order valence-electron chi connectivity index (χ0n) is 10.1. The van der Waals surface area contributed by atoms with Crippen LogP contribution in [0.2, 0.25) is 5.02 Å². The predicted octanol–water partition coefficient (Wildman–Crippen LogP) is 1.80. The molecule has 0 unspecified atom stereocenters. The molecule has 5 heteroatoms. The summed E-state index contributed by atoms with van der Waals surface area (Å²) >= 11 is 5.97. The molecule has 1 aliphatic carbocycles. The highest BCUT2D eigenvalue weighted by Gasteiger charge is 2.22. The Morgan fingerprint density at radius 3 is 2.89 bits per heavy atom. The first-order valence-electron chi connectivity index (χ1n) is 6.13. The van der Waals surface area contributed by atoms with Crippen molar-refractivity contribution < 1.29 is 9.90 Å². The molecule has 1 saturated carbocycles. The number of carbonyl (C=O) groups is 1. The molecule has 0 saturated heterocycles. The monoisotopic (exact) mass is 268 g/mol. The summed E-state index contributed by atoms with van der Waals surface area (Å²) in [5.41, 5.74) is 0.668. The minimum atomic E-state index is 0.0772. The van der Waals surface area contributed by atoms with Crippen LogP contribution in [0.15, 0.2) is 18.2 Å². The summed E-state index contributed by atoms with van der Waals surface area (Å²) in [5.74, 6) is 0.255. The molecular weight excluding hydrogens is 252 g/mol. The molecule has 0 aliphatic heterocycles. The molecule has 0 heterocycles. The quantitative estimate of drug-likeness (QED) is 0.690. The first-order valence-corrected chi connectivity index (χ1v) is 6.51. The maximum absolute atomic E-state index is 11.4. The summed E-state index contributed by atoms with van der Waals surface area (Å²) in [6.07, 6.45) is 2.65. The predicted molar refractivity (Wildman–Crippen MR) is 70.6 cm³/mol. The van der Waals surface area contributed by atoms with Crippen molar-refractivity contribution in [2.24, 2.45) is 0 Å². The number of hydrogen-bond acceptors (Lipinski definition) is 3. The van der Waals surface area contributed by atoms with Crippen molar-refractivity contribution in [3.05, 3.63) is 28.8 Å². The average molecular weight is 269 g/mol. The van der Waals surface area contributed by atoms with Crippen molar-refractivity contribution in [1.82, 2.24) is 10.6 Å². The minimum Gasteiger partial charge on any atom is -0.508 e. The van der Waals surface area contributed by atoms with Gasteiger partial charge in [0.05, 0.1) is 0 Å². The fraction of sp³-hybridized carbons (Fsp3) is 0.462. The smallest absolute Gasteiger partial charge is 0.221 e. The maximum atomic E-state index is 11.4. The van der Waals surface area contributed by atoms with E-state index in [4.69, 9.17) is 11.6 Å². The Kier molecular flexibility index (Phi) is 4.44. The SMILES string of the molecule is O=C(CCNCc1c(O)cccc1Cl)NC1CC1. The Hall–Kier alpha value is -1.26. The molecule has 0 radical (unpaired) electrons. The summed E-state index contributed by atoms with van der Waals surface area (Å²) in [7, 11) is 0. The van der Waals surface area contributed by atoms with Gasteiger partial charge in [0.1, 0.15) is 5.75 Å². The van der Waals surface area contributed by atoms with Gasteiger partial charge in [-0.1, -0.05) is 17.7 Å². The van der Waals surface area contributed by atoms with E-state index in [1.54, 1.807) is 18.2 Å². The molecule has 3 N–H and O–H groups in total. The van der Waals surface area contributed by atoms with Crippen molar-refractivity contribution in [2.75, 3.05) is 6.54 Å². The Morgan fingerprint density at radius 2 is 2.22 bits per heavy atom. The largest absolute Gasteiger partial charge is 0.508 e. The molecule has 1 aromatic rings. The van der Waals surface area contributed by atoms with E-state index < -0.39 is 0 Å². The van der Waals surface area contributed by atoms with Gasteiger partial charge >= 0.3 is 0 Å². The molecule has 4 nitrogen and oxygen atoms in total. The van der Waals surface area contributed by atoms with E-state index in [0.717, 1.165) is 12.8 Å². The van der Waals surface area contributed by atoms with Crippen LogP contribution in [-0.2, 0) is 11.3 Å². The summed E-state index contributed by atoms with van der Waals surface area (Å²) in [4.78, 5) is 11.4. The van der Waals surface area contributed by atoms with E-state index in [2.05, 4.69) is 10.6 Å². The molecule has 1 aliphatic rings. The molecule has 0 aromatic heterocycles. The van der Waals surface area contributed by atoms with Gasteiger partial charge in [-0.3, -0.25) is 4.79 Å². The van der Waals surface area contributed by atoms with E-state index in [1.807, 2.05) is 0 Å². The third-order valence-corrected chi connectivity index (χ3v) is 3.22. The van der Waals surface area contributed by atoms with E-state index in [0.29, 0.717) is 36.1 Å². The fourth-order valence-electron chi connectivity index (χ4n) is 1.67. The zero-order chi connectivity index (χ0) is 13.0. The Morgan fingerprint density at radius 1 is 1.44 bits per heavy atom. The van der Waals surface area contributed by atoms with Gasteiger partial charge in [-0.05, 0) is 25.0 Å². The van der Waals surface area contributed by atoms with Gasteiger partial charge in [-0.15, -0.1) is 0 Å². The second kappa shape index (κ2) is 6.07. The molecule has 1 fully saturated rings. The van der Waals surface area contributed by atoms with Gasteiger partial charge in [0.25, 0.3) is 0 Å². The number of nitrogens with one attached hydrogen (secondary N) is 2. The number of rotatable bonds is 6. The summed E-state index contributed by atoms with van der Waals surface area (Å²) in [6, 6.07) is 5.44. The van der Waals surface area contributed by atoms with Gasteiger partial charge in [0.2, 0.25) is 5.91 Å². The van der Waals surface area contributed by atoms with Gasteiger partial charge in [-0.2, -0.15) is 0 Å². The number of phenols is 1. The van der Waals surface area contributed by atoms with Crippen LogP contribution in [0.3, 0.4) is 0 Å². The van der Waals surface area contributed by atoms with Crippen LogP contribution in [0.5, 0.6) is 5.75 Å². The van der Waals surface area contributed by atoms with E-state index in [1.165, 1.54) is 0 Å². The van der Waals surface area contributed by atoms with Gasteiger partial charge in [-0.25, -0.2) is 0 Å². The lowest BCUT2D eigenvalue weighted by atomic mass is 10.2. The molecule has 0 atom stereocenters. The molecule has 2 rings (SSSR count). The number of aromatic hydroxyl groups is 1. The first kappa shape index (κ1) is 13.2. The standard InChI is InChI=1S/C13H17ClN2O2/c14-11-2-1-3-12(17)10(11)8-15-7-6-13(18)16-9-4-5-9/h1-3,9,15,17H,4-8H2,(H,16,18). The molecule has 98 valence electrons. The number of halogens is 1. The lowest BCUT2D eigenvalue weighted by molar-refractivity contribution is -0.121. The lowest BCUT2D eigenvalue weighted by Crippen LogP contribution is -2.29. The van der Waals surface area contributed by atoms with Crippen molar-refractivity contribution in [3.63, 3.8) is 0 Å². The number of carbonyl (C=O) groups excluding carboxylic acids is 1. The Bertz CT molecular complexity index is 413. The maximum Gasteiger partial charge on any atom is 0.221 e. The minimum absolute atomic E-state index is 0.0772. The lowest BCUT2D eigenvalue weighted by Gasteiger charge is -2.08. The van der Waals surface area contributed by atoms with Crippen LogP contribution < -0.4 is 10.6 Å². The van der Waals surface area contributed by atoms with Gasteiger partial charge in [0, 0.05) is 36.1 Å². The number of amides is 1. The molecule has 0 spiro atoms. The fourth-order valence-corrected chi connectivity index (χ4v) is 1.90. The molecular formula is C13H17ClN2O2. The first-order chi connectivity index (χ1) is 8.66. The van der Waals surface area contributed by atoms with Crippen LogP contribution in [-0.4, -0.2) is 23.6 Å². The highest BCUT2D eigenvalue weighted by molar-refractivity contribution is 6.31. The Labute approximate surface area is 111 Å². The van der Waals surface area contributed by atoms with Crippen molar-refractivity contribution in [3.8, 4) is 5.75 Å².